The van der Waals surface area contributed by atoms with E-state index in [1.54, 1.807) is 0 Å². The highest BCUT2D eigenvalue weighted by atomic mass is 16.2. The first-order chi connectivity index (χ1) is 9.70. The molecule has 1 saturated heterocycles. The maximum Gasteiger partial charge on any atom is 0.223 e. The quantitative estimate of drug-likeness (QED) is 0.806. The van der Waals surface area contributed by atoms with Crippen molar-refractivity contribution in [2.24, 2.45) is 17.6 Å². The van der Waals surface area contributed by atoms with E-state index in [2.05, 4.69) is 4.90 Å². The highest BCUT2D eigenvalue weighted by molar-refractivity contribution is 5.76. The summed E-state index contributed by atoms with van der Waals surface area (Å²) in [4.78, 5) is 16.4. The first kappa shape index (κ1) is 15.8. The second-order valence-corrected chi connectivity index (χ2v) is 6.60. The highest BCUT2D eigenvalue weighted by Crippen LogP contribution is 2.35. The molecule has 2 N–H and O–H groups in total. The molecule has 0 radical (unpaired) electrons. The molecule has 0 aromatic carbocycles. The van der Waals surface area contributed by atoms with E-state index in [0.717, 1.165) is 31.3 Å². The molecule has 0 aromatic rings. The van der Waals surface area contributed by atoms with Crippen LogP contribution in [-0.4, -0.2) is 55.5 Å². The fourth-order valence-corrected chi connectivity index (χ4v) is 3.78. The summed E-state index contributed by atoms with van der Waals surface area (Å²) < 4.78 is 0. The molecule has 0 aromatic heterocycles. The molecule has 2 aliphatic rings. The van der Waals surface area contributed by atoms with Crippen molar-refractivity contribution in [1.29, 1.82) is 0 Å². The van der Waals surface area contributed by atoms with Crippen LogP contribution in [0.5, 0.6) is 0 Å². The zero-order valence-electron chi connectivity index (χ0n) is 13.0. The van der Waals surface area contributed by atoms with Crippen molar-refractivity contribution in [3.05, 3.63) is 0 Å². The predicted molar refractivity (Wildman–Crippen MR) is 82.4 cm³/mol. The first-order valence-electron chi connectivity index (χ1n) is 8.37. The van der Waals surface area contributed by atoms with Crippen LogP contribution in [0.2, 0.25) is 0 Å². The molecule has 0 bridgehead atoms. The molecule has 116 valence electrons. The van der Waals surface area contributed by atoms with E-state index >= 15 is 0 Å². The SMILES string of the molecule is CN(CCCN)C(=O)CCN1CCC2CCCCC2C1. The van der Waals surface area contributed by atoms with Gasteiger partial charge in [-0.15, -0.1) is 0 Å². The molecule has 2 atom stereocenters. The van der Waals surface area contributed by atoms with Gasteiger partial charge in [-0.3, -0.25) is 4.79 Å². The molecule has 4 heteroatoms. The second-order valence-electron chi connectivity index (χ2n) is 6.60. The van der Waals surface area contributed by atoms with Crippen molar-refractivity contribution < 1.29 is 4.79 Å². The number of carbonyl (C=O) groups is 1. The zero-order valence-corrected chi connectivity index (χ0v) is 13.0. The highest BCUT2D eigenvalue weighted by Gasteiger charge is 2.30. The molecule has 4 nitrogen and oxygen atoms in total. The normalized spacial score (nSPS) is 27.1. The number of hydrogen-bond acceptors (Lipinski definition) is 3. The Kier molecular flexibility index (Phi) is 6.30. The smallest absolute Gasteiger partial charge is 0.223 e. The molecule has 2 fully saturated rings. The van der Waals surface area contributed by atoms with Gasteiger partial charge < -0.3 is 15.5 Å². The van der Waals surface area contributed by atoms with Gasteiger partial charge in [-0.2, -0.15) is 0 Å². The first-order valence-corrected chi connectivity index (χ1v) is 8.37. The number of nitrogens with two attached hydrogens (primary N) is 1. The van der Waals surface area contributed by atoms with E-state index in [9.17, 15) is 4.79 Å². The third-order valence-electron chi connectivity index (χ3n) is 5.14. The lowest BCUT2D eigenvalue weighted by Gasteiger charge is -2.41. The van der Waals surface area contributed by atoms with Gasteiger partial charge in [0.15, 0.2) is 0 Å². The number of piperidine rings is 1. The van der Waals surface area contributed by atoms with Gasteiger partial charge in [0.1, 0.15) is 0 Å². The van der Waals surface area contributed by atoms with Gasteiger partial charge in [0.2, 0.25) is 5.91 Å². The third-order valence-corrected chi connectivity index (χ3v) is 5.14. The van der Waals surface area contributed by atoms with E-state index in [1.165, 1.54) is 45.2 Å². The van der Waals surface area contributed by atoms with E-state index in [-0.39, 0.29) is 5.91 Å². The van der Waals surface area contributed by atoms with E-state index in [1.807, 2.05) is 11.9 Å². The van der Waals surface area contributed by atoms with Crippen LogP contribution in [0.3, 0.4) is 0 Å². The Morgan fingerprint density at radius 1 is 1.25 bits per heavy atom. The van der Waals surface area contributed by atoms with Gasteiger partial charge in [-0.25, -0.2) is 0 Å². The number of amides is 1. The van der Waals surface area contributed by atoms with Crippen molar-refractivity contribution in [1.82, 2.24) is 9.80 Å². The number of rotatable bonds is 6. The Balaban J connectivity index is 1.67. The Hall–Kier alpha value is -0.610. The van der Waals surface area contributed by atoms with E-state index in [4.69, 9.17) is 5.73 Å². The Bertz CT molecular complexity index is 308. The summed E-state index contributed by atoms with van der Waals surface area (Å²) in [6.07, 6.45) is 8.61. The van der Waals surface area contributed by atoms with Gasteiger partial charge >= 0.3 is 0 Å². The van der Waals surface area contributed by atoms with Crippen LogP contribution in [0, 0.1) is 11.8 Å². The molecule has 20 heavy (non-hydrogen) atoms. The lowest BCUT2D eigenvalue weighted by molar-refractivity contribution is -0.130. The number of carbonyl (C=O) groups excluding carboxylic acids is 1. The van der Waals surface area contributed by atoms with Crippen molar-refractivity contribution in [3.63, 3.8) is 0 Å². The molecule has 2 rings (SSSR count). The van der Waals surface area contributed by atoms with Crippen molar-refractivity contribution in [2.75, 3.05) is 39.8 Å². The minimum atomic E-state index is 0.268. The fraction of sp³-hybridized carbons (Fsp3) is 0.938. The van der Waals surface area contributed by atoms with Gasteiger partial charge in [0.25, 0.3) is 0 Å². The topological polar surface area (TPSA) is 49.6 Å². The average molecular weight is 281 g/mol. The fourth-order valence-electron chi connectivity index (χ4n) is 3.78. The lowest BCUT2D eigenvalue weighted by Crippen LogP contribution is -2.43. The summed E-state index contributed by atoms with van der Waals surface area (Å²) in [6, 6.07) is 0. The van der Waals surface area contributed by atoms with Crippen LogP contribution >= 0.6 is 0 Å². The summed E-state index contributed by atoms with van der Waals surface area (Å²) in [5, 5.41) is 0. The minimum Gasteiger partial charge on any atom is -0.346 e. The van der Waals surface area contributed by atoms with Crippen LogP contribution in [0.25, 0.3) is 0 Å². The largest absolute Gasteiger partial charge is 0.346 e. The predicted octanol–water partition coefficient (Wildman–Crippen LogP) is 1.70. The molecule has 2 unspecified atom stereocenters. The maximum absolute atomic E-state index is 12.0. The molecule has 1 amide bonds. The molecule has 1 heterocycles. The minimum absolute atomic E-state index is 0.268. The molecule has 1 aliphatic carbocycles. The van der Waals surface area contributed by atoms with Gasteiger partial charge in [-0.1, -0.05) is 19.3 Å². The average Bonchev–Trinajstić information content (AvgIpc) is 2.50. The monoisotopic (exact) mass is 281 g/mol. The third kappa shape index (κ3) is 4.45. The van der Waals surface area contributed by atoms with Crippen molar-refractivity contribution in [3.8, 4) is 0 Å². The Morgan fingerprint density at radius 2 is 2.00 bits per heavy atom. The molecular weight excluding hydrogens is 250 g/mol. The standard InChI is InChI=1S/C16H31N3O/c1-18(10-4-9-17)16(20)8-12-19-11-7-14-5-2-3-6-15(14)13-19/h14-15H,2-13,17H2,1H3. The van der Waals surface area contributed by atoms with E-state index < -0.39 is 0 Å². The van der Waals surface area contributed by atoms with Gasteiger partial charge in [-0.05, 0) is 44.2 Å². The van der Waals surface area contributed by atoms with Gasteiger partial charge in [0, 0.05) is 33.1 Å². The van der Waals surface area contributed by atoms with Crippen LogP contribution in [0.15, 0.2) is 0 Å². The molecule has 1 saturated carbocycles. The van der Waals surface area contributed by atoms with Crippen LogP contribution < -0.4 is 5.73 Å². The Morgan fingerprint density at radius 3 is 2.75 bits per heavy atom. The number of likely N-dealkylation sites (tertiary alicyclic amines) is 1. The number of fused-ring (bicyclic) bond motifs is 1. The van der Waals surface area contributed by atoms with Crippen LogP contribution in [-0.2, 0) is 4.79 Å². The Labute approximate surface area is 123 Å². The number of nitrogens with zero attached hydrogens (tertiary/aromatic N) is 2. The van der Waals surface area contributed by atoms with Crippen LogP contribution in [0.1, 0.15) is 44.9 Å². The maximum atomic E-state index is 12.0. The zero-order chi connectivity index (χ0) is 14.4. The summed E-state index contributed by atoms with van der Waals surface area (Å²) in [5.74, 6) is 2.15. The van der Waals surface area contributed by atoms with Crippen molar-refractivity contribution in [2.45, 2.75) is 44.9 Å². The summed E-state index contributed by atoms with van der Waals surface area (Å²) in [5.41, 5.74) is 5.48. The summed E-state index contributed by atoms with van der Waals surface area (Å²) in [6.45, 7) is 4.81. The molecule has 1 aliphatic heterocycles. The molecule has 0 spiro atoms. The second kappa shape index (κ2) is 7.99. The van der Waals surface area contributed by atoms with E-state index in [0.29, 0.717) is 13.0 Å². The summed E-state index contributed by atoms with van der Waals surface area (Å²) >= 11 is 0. The lowest BCUT2D eigenvalue weighted by atomic mass is 9.75. The van der Waals surface area contributed by atoms with Crippen LogP contribution in [0.4, 0.5) is 0 Å². The summed E-state index contributed by atoms with van der Waals surface area (Å²) in [7, 11) is 1.89. The van der Waals surface area contributed by atoms with Gasteiger partial charge in [0.05, 0.1) is 0 Å². The number of hydrogen-bond donors (Lipinski definition) is 1. The molecular formula is C16H31N3O. The van der Waals surface area contributed by atoms with Crippen molar-refractivity contribution >= 4 is 5.91 Å².